The van der Waals surface area contributed by atoms with Crippen LogP contribution in [0.2, 0.25) is 0 Å². The fourth-order valence-corrected chi connectivity index (χ4v) is 5.08. The van der Waals surface area contributed by atoms with E-state index < -0.39 is 0 Å². The van der Waals surface area contributed by atoms with Crippen LogP contribution in [0.25, 0.3) is 27.8 Å². The zero-order valence-corrected chi connectivity index (χ0v) is 20.8. The summed E-state index contributed by atoms with van der Waals surface area (Å²) in [5.74, 6) is 1.03. The van der Waals surface area contributed by atoms with Crippen molar-refractivity contribution in [2.75, 3.05) is 31.1 Å². The first-order valence-corrected chi connectivity index (χ1v) is 12.3. The van der Waals surface area contributed by atoms with Gasteiger partial charge in [0.2, 0.25) is 5.91 Å². The highest BCUT2D eigenvalue weighted by molar-refractivity contribution is 5.96. The molecule has 1 aliphatic carbocycles. The van der Waals surface area contributed by atoms with Crippen LogP contribution in [0.15, 0.2) is 72.5 Å². The minimum atomic E-state index is 0.150. The Morgan fingerprint density at radius 1 is 1.00 bits per heavy atom. The zero-order valence-electron chi connectivity index (χ0n) is 20.8. The molecule has 0 atom stereocenters. The summed E-state index contributed by atoms with van der Waals surface area (Å²) >= 11 is 0. The van der Waals surface area contributed by atoms with Gasteiger partial charge >= 0.3 is 0 Å². The predicted octanol–water partition coefficient (Wildman–Crippen LogP) is 3.59. The van der Waals surface area contributed by atoms with Crippen molar-refractivity contribution in [3.8, 4) is 28.3 Å². The molecule has 1 fully saturated rings. The number of nitrogens with zero attached hydrogens (tertiary/aromatic N) is 8. The third kappa shape index (κ3) is 4.06. The lowest BCUT2D eigenvalue weighted by Crippen LogP contribution is -2.49. The van der Waals surface area contributed by atoms with Crippen LogP contribution in [-0.4, -0.2) is 61.4 Å². The molecule has 0 aromatic carbocycles. The molecule has 6 rings (SSSR count). The van der Waals surface area contributed by atoms with Crippen LogP contribution in [0, 0.1) is 11.3 Å². The third-order valence-corrected chi connectivity index (χ3v) is 7.14. The lowest BCUT2D eigenvalue weighted by atomic mass is 10.0. The smallest absolute Gasteiger partial charge is 0.250 e. The Morgan fingerprint density at radius 3 is 2.49 bits per heavy atom. The highest BCUT2D eigenvalue weighted by atomic mass is 16.2. The van der Waals surface area contributed by atoms with E-state index in [4.69, 9.17) is 4.98 Å². The highest BCUT2D eigenvalue weighted by Gasteiger charge is 2.25. The van der Waals surface area contributed by atoms with E-state index in [1.54, 1.807) is 15.4 Å². The molecule has 1 aliphatic heterocycles. The molecular weight excluding hydrogens is 464 g/mol. The number of nitriles is 1. The predicted molar refractivity (Wildman–Crippen MR) is 141 cm³/mol. The maximum atomic E-state index is 12.9. The lowest BCUT2D eigenvalue weighted by Gasteiger charge is -2.35. The average Bonchev–Trinajstić information content (AvgIpc) is 3.67. The first-order chi connectivity index (χ1) is 18.0. The Labute approximate surface area is 214 Å². The second-order valence-corrected chi connectivity index (χ2v) is 9.46. The molecule has 1 saturated heterocycles. The van der Waals surface area contributed by atoms with E-state index >= 15 is 0 Å². The van der Waals surface area contributed by atoms with Crippen LogP contribution in [0.5, 0.6) is 0 Å². The Morgan fingerprint density at radius 2 is 1.84 bits per heavy atom. The molecule has 0 unspecified atom stereocenters. The summed E-state index contributed by atoms with van der Waals surface area (Å²) in [6, 6.07) is 8.36. The van der Waals surface area contributed by atoms with Crippen LogP contribution >= 0.6 is 0 Å². The summed E-state index contributed by atoms with van der Waals surface area (Å²) in [4.78, 5) is 21.8. The number of pyridine rings is 2. The molecule has 1 amide bonds. The number of piperazine rings is 1. The fourth-order valence-electron chi connectivity index (χ4n) is 5.08. The van der Waals surface area contributed by atoms with Gasteiger partial charge in [0.15, 0.2) is 0 Å². The lowest BCUT2D eigenvalue weighted by molar-refractivity contribution is -0.127. The van der Waals surface area contributed by atoms with E-state index in [9.17, 15) is 10.1 Å². The van der Waals surface area contributed by atoms with Gasteiger partial charge < -0.3 is 9.80 Å². The van der Waals surface area contributed by atoms with E-state index in [1.165, 1.54) is 0 Å². The number of aromatic nitrogens is 5. The molecule has 0 saturated carbocycles. The Bertz CT molecular complexity index is 1610. The summed E-state index contributed by atoms with van der Waals surface area (Å²) in [6.45, 7) is 4.82. The van der Waals surface area contributed by atoms with Crippen LogP contribution in [-0.2, 0) is 11.8 Å². The topological polar surface area (TPSA) is 95.4 Å². The van der Waals surface area contributed by atoms with Gasteiger partial charge in [-0.05, 0) is 37.1 Å². The van der Waals surface area contributed by atoms with Crippen molar-refractivity contribution in [1.29, 1.82) is 5.26 Å². The number of hydrogen-bond acceptors (Lipinski definition) is 6. The van der Waals surface area contributed by atoms with Crippen LogP contribution in [0.4, 0.5) is 5.82 Å². The summed E-state index contributed by atoms with van der Waals surface area (Å²) in [7, 11) is 1.88. The molecule has 4 aromatic heterocycles. The average molecular weight is 491 g/mol. The summed E-state index contributed by atoms with van der Waals surface area (Å²) in [5, 5.41) is 18.4. The second kappa shape index (κ2) is 9.06. The SMILES string of the molecule is CC1=C(C(=O)N2CCN(c3ccc(-c4cc(-c5cnn(C)c5)cn5ncc(C#N)c45)cn3)CC2)CC=C1. The van der Waals surface area contributed by atoms with Gasteiger partial charge in [0.1, 0.15) is 11.9 Å². The van der Waals surface area contributed by atoms with Crippen molar-refractivity contribution in [1.82, 2.24) is 29.3 Å². The van der Waals surface area contributed by atoms with Crippen molar-refractivity contribution >= 4 is 17.2 Å². The first kappa shape index (κ1) is 22.7. The molecule has 5 heterocycles. The minimum Gasteiger partial charge on any atom is -0.353 e. The van der Waals surface area contributed by atoms with Gasteiger partial charge in [-0.25, -0.2) is 9.50 Å². The molecule has 184 valence electrons. The van der Waals surface area contributed by atoms with Crippen LogP contribution < -0.4 is 4.90 Å². The first-order valence-electron chi connectivity index (χ1n) is 12.3. The van der Waals surface area contributed by atoms with E-state index in [0.717, 1.165) is 64.2 Å². The number of anilines is 1. The van der Waals surface area contributed by atoms with Crippen molar-refractivity contribution in [3.63, 3.8) is 0 Å². The number of allylic oxidation sites excluding steroid dienone is 3. The van der Waals surface area contributed by atoms with Crippen molar-refractivity contribution < 1.29 is 4.79 Å². The molecular formula is C28H26N8O. The van der Waals surface area contributed by atoms with Crippen LogP contribution in [0.1, 0.15) is 18.9 Å². The Kier molecular flexibility index (Phi) is 5.57. The third-order valence-electron chi connectivity index (χ3n) is 7.14. The van der Waals surface area contributed by atoms with E-state index in [0.29, 0.717) is 18.7 Å². The molecule has 9 nitrogen and oxygen atoms in total. The summed E-state index contributed by atoms with van der Waals surface area (Å²) in [5.41, 5.74) is 6.96. The van der Waals surface area contributed by atoms with E-state index in [2.05, 4.69) is 27.2 Å². The molecule has 9 heteroatoms. The van der Waals surface area contributed by atoms with Gasteiger partial charge in [-0.2, -0.15) is 15.5 Å². The summed E-state index contributed by atoms with van der Waals surface area (Å²) < 4.78 is 3.51. The maximum absolute atomic E-state index is 12.9. The fraction of sp³-hybridized carbons (Fsp3) is 0.250. The molecule has 0 N–H and O–H groups in total. The quantitative estimate of drug-likeness (QED) is 0.434. The van der Waals surface area contributed by atoms with Gasteiger partial charge in [0.05, 0.1) is 23.5 Å². The standard InChI is InChI=1S/C28H26N8O/c1-19-4-3-5-24(19)28(37)35-10-8-34(9-11-35)26-7-6-20(14-30-26)25-12-21(23-16-31-33(2)17-23)18-36-27(25)22(13-29)15-32-36/h3-4,6-7,12,14-18H,5,8-11H2,1-2H3. The molecule has 2 aliphatic rings. The number of rotatable bonds is 4. The van der Waals surface area contributed by atoms with E-state index in [1.807, 2.05) is 67.9 Å². The van der Waals surface area contributed by atoms with Gasteiger partial charge in [-0.15, -0.1) is 0 Å². The van der Waals surface area contributed by atoms with Gasteiger partial charge in [0.25, 0.3) is 0 Å². The van der Waals surface area contributed by atoms with E-state index in [-0.39, 0.29) is 5.91 Å². The minimum absolute atomic E-state index is 0.150. The Hall–Kier alpha value is -4.71. The number of carbonyl (C=O) groups is 1. The summed E-state index contributed by atoms with van der Waals surface area (Å²) in [6.07, 6.45) is 13.9. The molecule has 0 bridgehead atoms. The van der Waals surface area contributed by atoms with Crippen molar-refractivity contribution in [3.05, 3.63) is 78.0 Å². The maximum Gasteiger partial charge on any atom is 0.250 e. The number of hydrogen-bond donors (Lipinski definition) is 0. The van der Waals surface area contributed by atoms with Crippen molar-refractivity contribution in [2.45, 2.75) is 13.3 Å². The number of aryl methyl sites for hydroxylation is 1. The largest absolute Gasteiger partial charge is 0.353 e. The highest BCUT2D eigenvalue weighted by Crippen LogP contribution is 2.32. The normalized spacial score (nSPS) is 15.6. The number of fused-ring (bicyclic) bond motifs is 1. The van der Waals surface area contributed by atoms with Gasteiger partial charge in [-0.3, -0.25) is 9.48 Å². The Balaban J connectivity index is 1.25. The zero-order chi connectivity index (χ0) is 25.5. The van der Waals surface area contributed by atoms with Crippen molar-refractivity contribution in [2.24, 2.45) is 7.05 Å². The van der Waals surface area contributed by atoms with Crippen LogP contribution in [0.3, 0.4) is 0 Å². The molecule has 4 aromatic rings. The van der Waals surface area contributed by atoms with Gasteiger partial charge in [-0.1, -0.05) is 12.2 Å². The monoisotopic (exact) mass is 490 g/mol. The molecule has 0 spiro atoms. The molecule has 0 radical (unpaired) electrons. The van der Waals surface area contributed by atoms with Gasteiger partial charge in [0, 0.05) is 79.6 Å². The number of amides is 1. The second-order valence-electron chi connectivity index (χ2n) is 9.46. The molecule has 37 heavy (non-hydrogen) atoms. The number of carbonyl (C=O) groups excluding carboxylic acids is 1.